The Balaban J connectivity index is 1.58. The molecule has 0 aliphatic heterocycles. The van der Waals surface area contributed by atoms with Crippen LogP contribution in [0, 0.1) is 5.82 Å². The molecule has 0 spiro atoms. The smallest absolute Gasteiger partial charge is 0.259 e. The van der Waals surface area contributed by atoms with Crippen LogP contribution in [0.3, 0.4) is 0 Å². The van der Waals surface area contributed by atoms with Crippen molar-refractivity contribution < 1.29 is 23.5 Å². The molecule has 6 heteroatoms. The molecule has 142 valence electrons. The van der Waals surface area contributed by atoms with Gasteiger partial charge in [0, 0.05) is 11.3 Å². The van der Waals surface area contributed by atoms with Gasteiger partial charge in [-0.2, -0.15) is 0 Å². The SMILES string of the molecule is COc1ccccc1C(=O)Nc1ccc(OCC(=O)c2ccc(F)cc2)cc1. The predicted octanol–water partition coefficient (Wildman–Crippen LogP) is 4.35. The van der Waals surface area contributed by atoms with E-state index in [-0.39, 0.29) is 18.3 Å². The fourth-order valence-electron chi connectivity index (χ4n) is 2.53. The lowest BCUT2D eigenvalue weighted by atomic mass is 10.1. The largest absolute Gasteiger partial charge is 0.496 e. The predicted molar refractivity (Wildman–Crippen MR) is 104 cm³/mol. The molecule has 3 aromatic carbocycles. The Hall–Kier alpha value is -3.67. The van der Waals surface area contributed by atoms with Crippen molar-refractivity contribution in [2.75, 3.05) is 19.0 Å². The van der Waals surface area contributed by atoms with E-state index in [4.69, 9.17) is 9.47 Å². The maximum absolute atomic E-state index is 12.9. The van der Waals surface area contributed by atoms with Crippen molar-refractivity contribution >= 4 is 17.4 Å². The van der Waals surface area contributed by atoms with Crippen LogP contribution in [-0.4, -0.2) is 25.4 Å². The van der Waals surface area contributed by atoms with Crippen molar-refractivity contribution in [1.82, 2.24) is 0 Å². The number of ketones is 1. The normalized spacial score (nSPS) is 10.2. The summed E-state index contributed by atoms with van der Waals surface area (Å²) in [6.45, 7) is -0.168. The zero-order valence-corrected chi connectivity index (χ0v) is 15.1. The molecule has 5 nitrogen and oxygen atoms in total. The van der Waals surface area contributed by atoms with Gasteiger partial charge in [0.25, 0.3) is 5.91 Å². The number of ether oxygens (including phenoxy) is 2. The van der Waals surface area contributed by atoms with Crippen LogP contribution >= 0.6 is 0 Å². The number of carbonyl (C=O) groups excluding carboxylic acids is 2. The maximum atomic E-state index is 12.9. The molecule has 0 radical (unpaired) electrons. The fraction of sp³-hybridized carbons (Fsp3) is 0.0909. The van der Waals surface area contributed by atoms with Gasteiger partial charge in [-0.25, -0.2) is 4.39 Å². The highest BCUT2D eigenvalue weighted by atomic mass is 19.1. The number of halogens is 1. The van der Waals surface area contributed by atoms with Crippen molar-refractivity contribution in [3.63, 3.8) is 0 Å². The summed E-state index contributed by atoms with van der Waals surface area (Å²) in [7, 11) is 1.51. The fourth-order valence-corrected chi connectivity index (χ4v) is 2.53. The van der Waals surface area contributed by atoms with Gasteiger partial charge in [0.05, 0.1) is 12.7 Å². The molecule has 0 aliphatic rings. The summed E-state index contributed by atoms with van der Waals surface area (Å²) in [4.78, 5) is 24.4. The van der Waals surface area contributed by atoms with Gasteiger partial charge in [-0.1, -0.05) is 12.1 Å². The van der Waals surface area contributed by atoms with Gasteiger partial charge < -0.3 is 14.8 Å². The van der Waals surface area contributed by atoms with E-state index in [2.05, 4.69) is 5.32 Å². The number of nitrogens with one attached hydrogen (secondary N) is 1. The van der Waals surface area contributed by atoms with Crippen molar-refractivity contribution in [2.45, 2.75) is 0 Å². The highest BCUT2D eigenvalue weighted by molar-refractivity contribution is 6.06. The Morgan fingerprint density at radius 1 is 0.929 bits per heavy atom. The summed E-state index contributed by atoms with van der Waals surface area (Å²) >= 11 is 0. The van der Waals surface area contributed by atoms with E-state index in [1.54, 1.807) is 48.5 Å². The third-order valence-corrected chi connectivity index (χ3v) is 4.00. The molecule has 0 aromatic heterocycles. The van der Waals surface area contributed by atoms with Crippen LogP contribution in [0.4, 0.5) is 10.1 Å². The quantitative estimate of drug-likeness (QED) is 0.620. The number of benzene rings is 3. The summed E-state index contributed by atoms with van der Waals surface area (Å²) < 4.78 is 23.5. The van der Waals surface area contributed by atoms with Gasteiger partial charge in [-0.15, -0.1) is 0 Å². The average Bonchev–Trinajstić information content (AvgIpc) is 2.73. The first-order valence-corrected chi connectivity index (χ1v) is 8.53. The molecule has 0 saturated heterocycles. The number of hydrogen-bond acceptors (Lipinski definition) is 4. The second-order valence-corrected chi connectivity index (χ2v) is 5.90. The van der Waals surface area contributed by atoms with Crippen LogP contribution in [0.1, 0.15) is 20.7 Å². The Morgan fingerprint density at radius 3 is 2.29 bits per heavy atom. The highest BCUT2D eigenvalue weighted by Crippen LogP contribution is 2.21. The van der Waals surface area contributed by atoms with Crippen molar-refractivity contribution in [3.05, 3.63) is 89.7 Å². The molecular weight excluding hydrogens is 361 g/mol. The lowest BCUT2D eigenvalue weighted by Gasteiger charge is -2.10. The zero-order valence-electron chi connectivity index (χ0n) is 15.1. The van der Waals surface area contributed by atoms with Crippen LogP contribution < -0.4 is 14.8 Å². The third-order valence-electron chi connectivity index (χ3n) is 4.00. The van der Waals surface area contributed by atoms with E-state index in [0.29, 0.717) is 28.3 Å². The molecule has 0 bridgehead atoms. The van der Waals surface area contributed by atoms with Gasteiger partial charge in [0.15, 0.2) is 12.4 Å². The molecule has 0 unspecified atom stereocenters. The van der Waals surface area contributed by atoms with Gasteiger partial charge in [-0.05, 0) is 60.7 Å². The molecule has 1 amide bonds. The number of carbonyl (C=O) groups is 2. The van der Waals surface area contributed by atoms with Crippen molar-refractivity contribution in [2.24, 2.45) is 0 Å². The second kappa shape index (κ2) is 8.81. The Bertz CT molecular complexity index is 969. The van der Waals surface area contributed by atoms with Crippen LogP contribution in [0.25, 0.3) is 0 Å². The van der Waals surface area contributed by atoms with Crippen molar-refractivity contribution in [1.29, 1.82) is 0 Å². The van der Waals surface area contributed by atoms with Gasteiger partial charge >= 0.3 is 0 Å². The Kier molecular flexibility index (Phi) is 6.01. The molecule has 3 aromatic rings. The Morgan fingerprint density at radius 2 is 1.61 bits per heavy atom. The van der Waals surface area contributed by atoms with E-state index >= 15 is 0 Å². The summed E-state index contributed by atoms with van der Waals surface area (Å²) in [6, 6.07) is 18.9. The van der Waals surface area contributed by atoms with E-state index in [0.717, 1.165) is 0 Å². The van der Waals surface area contributed by atoms with E-state index in [9.17, 15) is 14.0 Å². The minimum atomic E-state index is -0.400. The Labute approximate surface area is 161 Å². The van der Waals surface area contributed by atoms with Crippen molar-refractivity contribution in [3.8, 4) is 11.5 Å². The molecule has 1 N–H and O–H groups in total. The number of amides is 1. The third kappa shape index (κ3) is 4.73. The van der Waals surface area contributed by atoms with Crippen LogP contribution in [0.5, 0.6) is 11.5 Å². The number of hydrogen-bond donors (Lipinski definition) is 1. The molecule has 0 heterocycles. The first-order chi connectivity index (χ1) is 13.6. The van der Waals surface area contributed by atoms with Crippen LogP contribution in [0.15, 0.2) is 72.8 Å². The van der Waals surface area contributed by atoms with E-state index in [1.807, 2.05) is 0 Å². The van der Waals surface area contributed by atoms with Gasteiger partial charge in [-0.3, -0.25) is 9.59 Å². The molecule has 0 atom stereocenters. The molecular formula is C22H18FNO4. The number of Topliss-reactive ketones (excluding diaryl/α,β-unsaturated/α-hetero) is 1. The van der Waals surface area contributed by atoms with E-state index < -0.39 is 5.82 Å². The number of rotatable bonds is 7. The van der Waals surface area contributed by atoms with E-state index in [1.165, 1.54) is 31.4 Å². The average molecular weight is 379 g/mol. The standard InChI is InChI=1S/C22H18FNO4/c1-27-21-5-3-2-4-19(21)22(26)24-17-10-12-18(13-11-17)28-14-20(25)15-6-8-16(23)9-7-15/h2-13H,14H2,1H3,(H,24,26). The maximum Gasteiger partial charge on any atom is 0.259 e. The number of methoxy groups -OCH3 is 1. The lowest BCUT2D eigenvalue weighted by molar-refractivity contribution is 0.0921. The number of para-hydroxylation sites is 1. The topological polar surface area (TPSA) is 64.6 Å². The summed E-state index contributed by atoms with van der Waals surface area (Å²) in [5.41, 5.74) is 1.38. The minimum absolute atomic E-state index is 0.168. The summed E-state index contributed by atoms with van der Waals surface area (Å²) in [5.74, 6) is 0.0133. The lowest BCUT2D eigenvalue weighted by Crippen LogP contribution is -2.13. The second-order valence-electron chi connectivity index (χ2n) is 5.90. The molecule has 28 heavy (non-hydrogen) atoms. The molecule has 0 saturated carbocycles. The summed E-state index contributed by atoms with van der Waals surface area (Å²) in [6.07, 6.45) is 0. The summed E-state index contributed by atoms with van der Waals surface area (Å²) in [5, 5.41) is 2.78. The highest BCUT2D eigenvalue weighted by Gasteiger charge is 2.12. The zero-order chi connectivity index (χ0) is 19.9. The first-order valence-electron chi connectivity index (χ1n) is 8.53. The minimum Gasteiger partial charge on any atom is -0.496 e. The number of anilines is 1. The molecule has 3 rings (SSSR count). The van der Waals surface area contributed by atoms with Crippen LogP contribution in [0.2, 0.25) is 0 Å². The van der Waals surface area contributed by atoms with Gasteiger partial charge in [0.2, 0.25) is 0 Å². The molecule has 0 fully saturated rings. The monoisotopic (exact) mass is 379 g/mol. The molecule has 0 aliphatic carbocycles. The first kappa shape index (κ1) is 19.1. The van der Waals surface area contributed by atoms with Crippen LogP contribution in [-0.2, 0) is 0 Å². The van der Waals surface area contributed by atoms with Gasteiger partial charge in [0.1, 0.15) is 17.3 Å².